The molecule has 1 amide bonds. The Morgan fingerprint density at radius 3 is 2.74 bits per heavy atom. The maximum Gasteiger partial charge on any atom is 0.233 e. The van der Waals surface area contributed by atoms with E-state index in [-0.39, 0.29) is 12.5 Å². The Labute approximate surface area is 158 Å². The van der Waals surface area contributed by atoms with Gasteiger partial charge < -0.3 is 21.4 Å². The molecular formula is C20H24N6O. The van der Waals surface area contributed by atoms with Gasteiger partial charge in [-0.1, -0.05) is 36.9 Å². The minimum Gasteiger partial charge on any atom is -0.369 e. The van der Waals surface area contributed by atoms with Gasteiger partial charge in [-0.25, -0.2) is 9.97 Å². The van der Waals surface area contributed by atoms with Crippen molar-refractivity contribution in [2.75, 3.05) is 25.0 Å². The van der Waals surface area contributed by atoms with Crippen LogP contribution in [0.5, 0.6) is 0 Å². The van der Waals surface area contributed by atoms with E-state index >= 15 is 0 Å². The van der Waals surface area contributed by atoms with Gasteiger partial charge in [-0.3, -0.25) is 4.79 Å². The SMILES string of the molecule is C=Cc1[nH]c2nc(-c3ccccc3)nc(NCCCNC(=O)CN)c2c1C. The summed E-state index contributed by atoms with van der Waals surface area (Å²) in [5, 5.41) is 7.10. The molecule has 2 aromatic heterocycles. The molecule has 0 aliphatic heterocycles. The van der Waals surface area contributed by atoms with Crippen LogP contribution in [0.25, 0.3) is 28.5 Å². The third kappa shape index (κ3) is 4.15. The van der Waals surface area contributed by atoms with Crippen LogP contribution in [-0.4, -0.2) is 40.5 Å². The number of nitrogens with one attached hydrogen (secondary N) is 3. The number of carbonyl (C=O) groups is 1. The van der Waals surface area contributed by atoms with Crippen LogP contribution in [0.1, 0.15) is 17.7 Å². The molecule has 140 valence electrons. The highest BCUT2D eigenvalue weighted by molar-refractivity contribution is 5.94. The first-order valence-electron chi connectivity index (χ1n) is 8.93. The van der Waals surface area contributed by atoms with E-state index in [9.17, 15) is 4.79 Å². The second-order valence-corrected chi connectivity index (χ2v) is 6.19. The van der Waals surface area contributed by atoms with Gasteiger partial charge in [0.25, 0.3) is 0 Å². The maximum absolute atomic E-state index is 11.2. The number of fused-ring (bicyclic) bond motifs is 1. The van der Waals surface area contributed by atoms with Crippen LogP contribution in [0.15, 0.2) is 36.9 Å². The Bertz CT molecular complexity index is 948. The molecule has 27 heavy (non-hydrogen) atoms. The number of aromatic nitrogens is 3. The molecule has 0 aliphatic carbocycles. The third-order valence-electron chi connectivity index (χ3n) is 4.33. The molecule has 3 aromatic rings. The van der Waals surface area contributed by atoms with E-state index in [1.54, 1.807) is 6.08 Å². The predicted molar refractivity (Wildman–Crippen MR) is 109 cm³/mol. The molecule has 0 saturated carbocycles. The summed E-state index contributed by atoms with van der Waals surface area (Å²) < 4.78 is 0. The zero-order valence-electron chi connectivity index (χ0n) is 15.4. The van der Waals surface area contributed by atoms with Crippen LogP contribution >= 0.6 is 0 Å². The molecule has 0 atom stereocenters. The Balaban J connectivity index is 1.88. The first-order chi connectivity index (χ1) is 13.1. The van der Waals surface area contributed by atoms with E-state index < -0.39 is 0 Å². The Morgan fingerprint density at radius 1 is 1.26 bits per heavy atom. The quantitative estimate of drug-likeness (QED) is 0.459. The summed E-state index contributed by atoms with van der Waals surface area (Å²) in [5.41, 5.74) is 9.00. The molecule has 0 unspecified atom stereocenters. The second kappa shape index (κ2) is 8.46. The topological polar surface area (TPSA) is 109 Å². The summed E-state index contributed by atoms with van der Waals surface area (Å²) in [6.45, 7) is 7.12. The van der Waals surface area contributed by atoms with Gasteiger partial charge in [0, 0.05) is 24.3 Å². The van der Waals surface area contributed by atoms with Gasteiger partial charge in [-0.05, 0) is 25.0 Å². The number of anilines is 1. The summed E-state index contributed by atoms with van der Waals surface area (Å²) in [7, 11) is 0. The number of amides is 1. The zero-order chi connectivity index (χ0) is 19.2. The van der Waals surface area contributed by atoms with Crippen molar-refractivity contribution in [2.24, 2.45) is 5.73 Å². The van der Waals surface area contributed by atoms with E-state index in [0.717, 1.165) is 40.1 Å². The second-order valence-electron chi connectivity index (χ2n) is 6.19. The van der Waals surface area contributed by atoms with Crippen molar-refractivity contribution in [3.8, 4) is 11.4 Å². The Morgan fingerprint density at radius 2 is 2.04 bits per heavy atom. The van der Waals surface area contributed by atoms with Crippen molar-refractivity contribution in [2.45, 2.75) is 13.3 Å². The highest BCUT2D eigenvalue weighted by Crippen LogP contribution is 2.29. The number of benzene rings is 1. The lowest BCUT2D eigenvalue weighted by atomic mass is 10.1. The standard InChI is InChI=1S/C20H24N6O/c1-3-15-13(2)17-19(23-11-7-10-22-16(27)12-21)25-18(26-20(17)24-15)14-8-5-4-6-9-14/h3-6,8-9H,1,7,10-12,21H2,2H3,(H,22,27)(H2,23,24,25,26). The van der Waals surface area contributed by atoms with Gasteiger partial charge in [0.2, 0.25) is 5.91 Å². The largest absolute Gasteiger partial charge is 0.369 e. The molecule has 1 aromatic carbocycles. The molecule has 7 heteroatoms. The number of aryl methyl sites for hydroxylation is 1. The average Bonchev–Trinajstić information content (AvgIpc) is 3.03. The van der Waals surface area contributed by atoms with Crippen molar-refractivity contribution in [3.05, 3.63) is 48.2 Å². The summed E-state index contributed by atoms with van der Waals surface area (Å²) in [6.07, 6.45) is 2.54. The number of nitrogens with zero attached hydrogens (tertiary/aromatic N) is 2. The van der Waals surface area contributed by atoms with Crippen molar-refractivity contribution in [1.82, 2.24) is 20.3 Å². The average molecular weight is 364 g/mol. The van der Waals surface area contributed by atoms with Gasteiger partial charge in [-0.2, -0.15) is 0 Å². The third-order valence-corrected chi connectivity index (χ3v) is 4.33. The van der Waals surface area contributed by atoms with Crippen LogP contribution in [0.2, 0.25) is 0 Å². The lowest BCUT2D eigenvalue weighted by Gasteiger charge is -2.10. The lowest BCUT2D eigenvalue weighted by Crippen LogP contribution is -2.31. The number of H-pyrrole nitrogens is 1. The van der Waals surface area contributed by atoms with Crippen LogP contribution in [-0.2, 0) is 4.79 Å². The van der Waals surface area contributed by atoms with Crippen molar-refractivity contribution < 1.29 is 4.79 Å². The fourth-order valence-corrected chi connectivity index (χ4v) is 2.91. The van der Waals surface area contributed by atoms with Crippen molar-refractivity contribution in [1.29, 1.82) is 0 Å². The number of rotatable bonds is 8. The van der Waals surface area contributed by atoms with Gasteiger partial charge in [0.15, 0.2) is 5.82 Å². The lowest BCUT2D eigenvalue weighted by molar-refractivity contribution is -0.119. The molecule has 0 spiro atoms. The molecule has 5 N–H and O–H groups in total. The molecule has 0 fully saturated rings. The van der Waals surface area contributed by atoms with Gasteiger partial charge in [0.05, 0.1) is 11.9 Å². The molecule has 0 radical (unpaired) electrons. The minimum absolute atomic E-state index is 0.00721. The first-order valence-corrected chi connectivity index (χ1v) is 8.93. The van der Waals surface area contributed by atoms with Crippen LogP contribution < -0.4 is 16.4 Å². The molecule has 7 nitrogen and oxygen atoms in total. The van der Waals surface area contributed by atoms with E-state index in [4.69, 9.17) is 10.7 Å². The summed E-state index contributed by atoms with van der Waals surface area (Å²) in [6, 6.07) is 9.86. The van der Waals surface area contributed by atoms with E-state index in [1.807, 2.05) is 37.3 Å². The van der Waals surface area contributed by atoms with Gasteiger partial charge in [0.1, 0.15) is 11.5 Å². The first kappa shape index (κ1) is 18.6. The molecule has 2 heterocycles. The molecule has 0 aliphatic rings. The van der Waals surface area contributed by atoms with Gasteiger partial charge >= 0.3 is 0 Å². The number of nitrogens with two attached hydrogens (primary N) is 1. The number of hydrogen-bond donors (Lipinski definition) is 4. The smallest absolute Gasteiger partial charge is 0.233 e. The predicted octanol–water partition coefficient (Wildman–Crippen LogP) is 2.45. The van der Waals surface area contributed by atoms with Crippen molar-refractivity contribution >= 4 is 28.8 Å². The summed E-state index contributed by atoms with van der Waals surface area (Å²) >= 11 is 0. The monoisotopic (exact) mass is 364 g/mol. The van der Waals surface area contributed by atoms with Gasteiger partial charge in [-0.15, -0.1) is 0 Å². The van der Waals surface area contributed by atoms with Crippen LogP contribution in [0.4, 0.5) is 5.82 Å². The highest BCUT2D eigenvalue weighted by atomic mass is 16.1. The normalized spacial score (nSPS) is 10.7. The fraction of sp³-hybridized carbons (Fsp3) is 0.250. The molecule has 0 bridgehead atoms. The maximum atomic E-state index is 11.2. The number of carbonyl (C=O) groups excluding carboxylic acids is 1. The molecular weight excluding hydrogens is 340 g/mol. The number of aromatic amines is 1. The van der Waals surface area contributed by atoms with E-state index in [1.165, 1.54) is 0 Å². The van der Waals surface area contributed by atoms with Crippen LogP contribution in [0.3, 0.4) is 0 Å². The minimum atomic E-state index is -0.150. The Kier molecular flexibility index (Phi) is 5.83. The van der Waals surface area contributed by atoms with Crippen molar-refractivity contribution in [3.63, 3.8) is 0 Å². The van der Waals surface area contributed by atoms with E-state index in [0.29, 0.717) is 18.9 Å². The summed E-state index contributed by atoms with van der Waals surface area (Å²) in [4.78, 5) is 24.0. The number of hydrogen-bond acceptors (Lipinski definition) is 5. The zero-order valence-corrected chi connectivity index (χ0v) is 15.4. The van der Waals surface area contributed by atoms with E-state index in [2.05, 4.69) is 27.2 Å². The fourth-order valence-electron chi connectivity index (χ4n) is 2.91. The Hall–Kier alpha value is -3.19. The molecule has 3 rings (SSSR count). The highest BCUT2D eigenvalue weighted by Gasteiger charge is 2.15. The summed E-state index contributed by atoms with van der Waals surface area (Å²) in [5.74, 6) is 1.27. The molecule has 0 saturated heterocycles. The van der Waals surface area contributed by atoms with Crippen LogP contribution in [0, 0.1) is 6.92 Å².